The zero-order valence-corrected chi connectivity index (χ0v) is 28.4. The number of carbonyl (C=O) groups excluding carboxylic acids is 2. The van der Waals surface area contributed by atoms with Crippen molar-refractivity contribution in [2.75, 3.05) is 12.3 Å². The average molecular weight is 697 g/mol. The summed E-state index contributed by atoms with van der Waals surface area (Å²) in [5.74, 6) is -2.42. The van der Waals surface area contributed by atoms with Crippen molar-refractivity contribution < 1.29 is 28.3 Å². The number of ketones is 2. The summed E-state index contributed by atoms with van der Waals surface area (Å²) < 4.78 is 35.6. The topological polar surface area (TPSA) is 79.7 Å². The van der Waals surface area contributed by atoms with Crippen molar-refractivity contribution in [3.63, 3.8) is 0 Å². The van der Waals surface area contributed by atoms with Crippen molar-refractivity contribution in [1.29, 1.82) is 0 Å². The van der Waals surface area contributed by atoms with E-state index in [-0.39, 0.29) is 48.1 Å². The molecule has 0 amide bonds. The van der Waals surface area contributed by atoms with Crippen molar-refractivity contribution in [1.82, 2.24) is 10.0 Å². The van der Waals surface area contributed by atoms with Crippen LogP contribution in [0.2, 0.25) is 5.02 Å². The first-order valence-electron chi connectivity index (χ1n) is 16.1. The van der Waals surface area contributed by atoms with Crippen LogP contribution in [0.5, 0.6) is 0 Å². The summed E-state index contributed by atoms with van der Waals surface area (Å²) in [5.41, 5.74) is -4.04. The van der Waals surface area contributed by atoms with E-state index >= 15 is 8.78 Å². The minimum atomic E-state index is -2.21. The summed E-state index contributed by atoms with van der Waals surface area (Å²) in [6.07, 6.45) is 1.30. The number of halogens is 3. The van der Waals surface area contributed by atoms with E-state index in [0.29, 0.717) is 24.5 Å². The summed E-state index contributed by atoms with van der Waals surface area (Å²) in [6, 6.07) is 15.3. The average Bonchev–Trinajstić information content (AvgIpc) is 3.69. The highest BCUT2D eigenvalue weighted by molar-refractivity contribution is 8.01. The van der Waals surface area contributed by atoms with Gasteiger partial charge in [0, 0.05) is 53.6 Å². The Balaban J connectivity index is 1.17. The smallest absolute Gasteiger partial charge is 0.177 e. The molecule has 0 radical (unpaired) electrons. The number of hydroxylamine groups is 2. The molecule has 0 spiro atoms. The number of rotatable bonds is 6. The van der Waals surface area contributed by atoms with Gasteiger partial charge in [-0.15, -0.1) is 11.3 Å². The Bertz CT molecular complexity index is 1830. The van der Waals surface area contributed by atoms with E-state index in [4.69, 9.17) is 21.4 Å². The molecule has 8 atom stereocenters. The number of alkyl halides is 1. The monoisotopic (exact) mass is 696 g/mol. The molecule has 2 heterocycles. The number of carbonyl (C=O) groups is 2. The summed E-state index contributed by atoms with van der Waals surface area (Å²) in [7, 11) is 0. The molecule has 2 aromatic carbocycles. The molecular weight excluding hydrogens is 662 g/mol. The molecule has 0 unspecified atom stereocenters. The molecule has 6 nitrogen and oxygen atoms in total. The van der Waals surface area contributed by atoms with E-state index < -0.39 is 45.9 Å². The zero-order valence-electron chi connectivity index (χ0n) is 26.0. The number of para-hydroxylation sites is 1. The number of benzene rings is 2. The Labute approximate surface area is 285 Å². The first-order valence-corrected chi connectivity index (χ1v) is 18.2. The number of Topliss-reactive ketones (excluding diaryl/α,β-unsaturated/α-hetero) is 1. The largest absolute Gasteiger partial charge is 0.390 e. The molecule has 3 aromatic rings. The summed E-state index contributed by atoms with van der Waals surface area (Å²) in [4.78, 5) is 38.6. The molecule has 3 fully saturated rings. The second-order valence-electron chi connectivity index (χ2n) is 14.3. The third-order valence-electron chi connectivity index (χ3n) is 12.0. The Kier molecular flexibility index (Phi) is 7.45. The van der Waals surface area contributed by atoms with Crippen LogP contribution in [0.25, 0.3) is 10.2 Å². The first-order chi connectivity index (χ1) is 22.4. The lowest BCUT2D eigenvalue weighted by Gasteiger charge is -2.62. The van der Waals surface area contributed by atoms with Gasteiger partial charge in [0.15, 0.2) is 27.2 Å². The van der Waals surface area contributed by atoms with Gasteiger partial charge in [0.05, 0.1) is 22.1 Å². The van der Waals surface area contributed by atoms with E-state index in [2.05, 4.69) is 0 Å². The van der Waals surface area contributed by atoms with Gasteiger partial charge < -0.3 is 5.11 Å². The third kappa shape index (κ3) is 4.47. The van der Waals surface area contributed by atoms with Crippen LogP contribution >= 0.6 is 34.7 Å². The number of thiazole rings is 1. The molecule has 4 aliphatic carbocycles. The quantitative estimate of drug-likeness (QED) is 0.265. The van der Waals surface area contributed by atoms with Crippen molar-refractivity contribution in [2.24, 2.45) is 28.6 Å². The number of nitrogens with zero attached hydrogens (tertiary/aromatic N) is 2. The van der Waals surface area contributed by atoms with Crippen molar-refractivity contribution in [2.45, 2.75) is 67.8 Å². The predicted octanol–water partition coefficient (Wildman–Crippen LogP) is 7.69. The van der Waals surface area contributed by atoms with Crippen LogP contribution in [0.4, 0.5) is 8.78 Å². The van der Waals surface area contributed by atoms with Gasteiger partial charge in [-0.25, -0.2) is 13.8 Å². The highest BCUT2D eigenvalue weighted by Crippen LogP contribution is 2.73. The number of allylic oxidation sites excluding steroid dienone is 4. The van der Waals surface area contributed by atoms with Gasteiger partial charge >= 0.3 is 0 Å². The molecule has 1 aromatic heterocycles. The second-order valence-corrected chi connectivity index (χ2v) is 16.9. The number of hydrogen-bond acceptors (Lipinski definition) is 8. The standard InChI is InChI=1S/C36H35ClF2N2O4S2/c1-33-12-11-23(42)14-26(33)27(38)15-25-24-13-21-18-41(17-20-7-9-22(37)10-8-20)45-36(21,34(24,2)16-30(43)35(25,33)39)31(44)19-46-32-40-28-5-3-4-6-29(28)47-32/h3-12,21,24-25,30,43H,13-19H2,1-2H3/t21-,24-,25-,30-,33-,34-,35-,36-/m0/s1. The van der Waals surface area contributed by atoms with Crippen molar-refractivity contribution >= 4 is 56.5 Å². The molecule has 1 aliphatic heterocycles. The van der Waals surface area contributed by atoms with Crippen LogP contribution in [0.3, 0.4) is 0 Å². The van der Waals surface area contributed by atoms with E-state index in [1.54, 1.807) is 6.92 Å². The summed E-state index contributed by atoms with van der Waals surface area (Å²) in [5, 5.41) is 14.4. The van der Waals surface area contributed by atoms with E-state index in [1.807, 2.05) is 60.5 Å². The third-order valence-corrected chi connectivity index (χ3v) is 14.4. The van der Waals surface area contributed by atoms with Gasteiger partial charge in [-0.1, -0.05) is 60.6 Å². The Morgan fingerprint density at radius 3 is 2.72 bits per heavy atom. The van der Waals surface area contributed by atoms with Crippen molar-refractivity contribution in [3.8, 4) is 0 Å². The number of aromatic nitrogens is 1. The molecule has 8 rings (SSSR count). The lowest BCUT2D eigenvalue weighted by atomic mass is 9.45. The molecule has 47 heavy (non-hydrogen) atoms. The van der Waals surface area contributed by atoms with Crippen LogP contribution < -0.4 is 0 Å². The fraction of sp³-hybridized carbons (Fsp3) is 0.472. The Morgan fingerprint density at radius 2 is 1.96 bits per heavy atom. The fourth-order valence-corrected chi connectivity index (χ4v) is 12.0. The fourth-order valence-electron chi connectivity index (χ4n) is 9.83. The minimum absolute atomic E-state index is 0.0280. The molecule has 5 aliphatic rings. The Morgan fingerprint density at radius 1 is 1.19 bits per heavy atom. The van der Waals surface area contributed by atoms with Crippen LogP contribution in [0.1, 0.15) is 45.1 Å². The number of aliphatic hydroxyl groups excluding tert-OH is 1. The second kappa shape index (κ2) is 11.0. The van der Waals surface area contributed by atoms with Crippen molar-refractivity contribution in [3.05, 3.63) is 82.7 Å². The maximum Gasteiger partial charge on any atom is 0.177 e. The van der Waals surface area contributed by atoms with Gasteiger partial charge in [0.25, 0.3) is 0 Å². The van der Waals surface area contributed by atoms with Gasteiger partial charge in [-0.3, -0.25) is 14.4 Å². The zero-order chi connectivity index (χ0) is 32.9. The summed E-state index contributed by atoms with van der Waals surface area (Å²) in [6.45, 7) is 4.40. The van der Waals surface area contributed by atoms with E-state index in [0.717, 1.165) is 20.1 Å². The maximum atomic E-state index is 17.8. The van der Waals surface area contributed by atoms with Crippen LogP contribution in [0, 0.1) is 28.6 Å². The minimum Gasteiger partial charge on any atom is -0.390 e. The molecule has 1 N–H and O–H groups in total. The molecular formula is C36H35ClF2N2O4S2. The van der Waals surface area contributed by atoms with Gasteiger partial charge in [-0.2, -0.15) is 5.06 Å². The highest BCUT2D eigenvalue weighted by Gasteiger charge is 2.79. The summed E-state index contributed by atoms with van der Waals surface area (Å²) >= 11 is 9.02. The molecule has 1 saturated heterocycles. The van der Waals surface area contributed by atoms with Crippen LogP contribution in [-0.4, -0.2) is 56.4 Å². The molecule has 246 valence electrons. The molecule has 2 saturated carbocycles. The maximum absolute atomic E-state index is 17.8. The van der Waals surface area contributed by atoms with E-state index in [1.165, 1.54) is 35.3 Å². The lowest BCUT2D eigenvalue weighted by Crippen LogP contribution is -2.69. The van der Waals surface area contributed by atoms with Gasteiger partial charge in [0.1, 0.15) is 5.83 Å². The van der Waals surface area contributed by atoms with Crippen LogP contribution in [0.15, 0.2) is 76.4 Å². The lowest BCUT2D eigenvalue weighted by molar-refractivity contribution is -0.265. The number of aliphatic hydroxyl groups is 1. The SMILES string of the molecule is C[C@]12C=CC(=O)CC1=C(F)C[C@H]1[C@@H]3C[C@H]4CN(Cc5ccc(Cl)cc5)O[C@@]4(C(=O)CSc4nc5ccccc5s4)[C@@]3(C)C[C@H](O)[C@@]12F. The first kappa shape index (κ1) is 31.8. The number of hydrogen-bond donors (Lipinski definition) is 1. The Hall–Kier alpha value is -2.47. The highest BCUT2D eigenvalue weighted by atomic mass is 35.5. The van der Waals surface area contributed by atoms with E-state index in [9.17, 15) is 14.7 Å². The van der Waals surface area contributed by atoms with Gasteiger partial charge in [0.2, 0.25) is 0 Å². The van der Waals surface area contributed by atoms with Gasteiger partial charge in [-0.05, 0) is 67.2 Å². The number of fused-ring (bicyclic) bond motifs is 8. The molecule has 11 heteroatoms. The normalized spacial score (nSPS) is 38.0. The molecule has 0 bridgehead atoms. The number of thioether (sulfide) groups is 1. The predicted molar refractivity (Wildman–Crippen MR) is 178 cm³/mol. The van der Waals surface area contributed by atoms with Crippen LogP contribution in [-0.2, 0) is 21.0 Å².